The topological polar surface area (TPSA) is 73.2 Å². The molecular formula is C21H22ClN3O3S. The molecule has 0 aliphatic carbocycles. The van der Waals surface area contributed by atoms with Gasteiger partial charge in [-0.25, -0.2) is 4.98 Å². The zero-order valence-corrected chi connectivity index (χ0v) is 17.8. The van der Waals surface area contributed by atoms with Crippen molar-refractivity contribution in [1.29, 1.82) is 0 Å². The van der Waals surface area contributed by atoms with Crippen molar-refractivity contribution in [2.24, 2.45) is 0 Å². The number of ether oxygens (including phenoxy) is 1. The third kappa shape index (κ3) is 5.10. The van der Waals surface area contributed by atoms with E-state index in [1.165, 1.54) is 11.8 Å². The third-order valence-corrected chi connectivity index (χ3v) is 5.33. The van der Waals surface area contributed by atoms with Crippen molar-refractivity contribution in [1.82, 2.24) is 9.55 Å². The maximum absolute atomic E-state index is 12.9. The van der Waals surface area contributed by atoms with Gasteiger partial charge in [-0.3, -0.25) is 14.2 Å². The molecule has 0 spiro atoms. The van der Waals surface area contributed by atoms with E-state index < -0.39 is 0 Å². The number of anilines is 1. The van der Waals surface area contributed by atoms with Gasteiger partial charge in [0.1, 0.15) is 5.75 Å². The number of benzene rings is 2. The number of para-hydroxylation sites is 2. The lowest BCUT2D eigenvalue weighted by Gasteiger charge is -2.13. The van der Waals surface area contributed by atoms with Crippen molar-refractivity contribution >= 4 is 45.9 Å². The van der Waals surface area contributed by atoms with Crippen LogP contribution in [0.1, 0.15) is 20.3 Å². The van der Waals surface area contributed by atoms with Gasteiger partial charge in [0.25, 0.3) is 5.56 Å². The Morgan fingerprint density at radius 2 is 2.03 bits per heavy atom. The van der Waals surface area contributed by atoms with E-state index in [-0.39, 0.29) is 17.2 Å². The minimum Gasteiger partial charge on any atom is -0.492 e. The second-order valence-electron chi connectivity index (χ2n) is 6.28. The Bertz CT molecular complexity index is 1080. The second-order valence-corrected chi connectivity index (χ2v) is 7.66. The number of aromatic nitrogens is 2. The summed E-state index contributed by atoms with van der Waals surface area (Å²) >= 11 is 7.28. The van der Waals surface area contributed by atoms with Crippen molar-refractivity contribution in [3.05, 3.63) is 57.8 Å². The van der Waals surface area contributed by atoms with E-state index in [4.69, 9.17) is 16.3 Å². The Hall–Kier alpha value is -2.51. The third-order valence-electron chi connectivity index (χ3n) is 4.12. The van der Waals surface area contributed by atoms with Crippen LogP contribution in [0.5, 0.6) is 5.75 Å². The standard InChI is InChI=1S/C21H22ClN3O3S/c1-3-11-25-20(27)15-10-9-14(22)12-17(15)24-21(25)29-13-19(26)23-16-7-5-6-8-18(16)28-4-2/h5-10,12H,3-4,11,13H2,1-2H3,(H,23,26). The summed E-state index contributed by atoms with van der Waals surface area (Å²) in [5, 5.41) is 4.39. The van der Waals surface area contributed by atoms with E-state index in [0.717, 1.165) is 6.42 Å². The molecule has 29 heavy (non-hydrogen) atoms. The van der Waals surface area contributed by atoms with Gasteiger partial charge >= 0.3 is 0 Å². The molecular weight excluding hydrogens is 410 g/mol. The normalized spacial score (nSPS) is 10.9. The molecule has 1 amide bonds. The smallest absolute Gasteiger partial charge is 0.262 e. The molecule has 0 fully saturated rings. The molecule has 0 aliphatic heterocycles. The van der Waals surface area contributed by atoms with Gasteiger partial charge in [0.05, 0.1) is 29.0 Å². The first-order valence-electron chi connectivity index (χ1n) is 9.38. The van der Waals surface area contributed by atoms with Gasteiger partial charge in [-0.1, -0.05) is 42.4 Å². The molecule has 1 aromatic heterocycles. The van der Waals surface area contributed by atoms with E-state index in [0.29, 0.717) is 45.7 Å². The number of carbonyl (C=O) groups excluding carboxylic acids is 1. The molecule has 0 saturated carbocycles. The van der Waals surface area contributed by atoms with E-state index in [9.17, 15) is 9.59 Å². The van der Waals surface area contributed by atoms with Crippen LogP contribution < -0.4 is 15.6 Å². The largest absolute Gasteiger partial charge is 0.492 e. The van der Waals surface area contributed by atoms with Crippen LogP contribution in [0.3, 0.4) is 0 Å². The highest BCUT2D eigenvalue weighted by Gasteiger charge is 2.14. The van der Waals surface area contributed by atoms with Crippen LogP contribution in [0.25, 0.3) is 10.9 Å². The van der Waals surface area contributed by atoms with E-state index in [1.807, 2.05) is 26.0 Å². The van der Waals surface area contributed by atoms with Crippen molar-refractivity contribution < 1.29 is 9.53 Å². The molecule has 0 bridgehead atoms. The molecule has 1 N–H and O–H groups in total. The van der Waals surface area contributed by atoms with Gasteiger partial charge < -0.3 is 10.1 Å². The molecule has 0 unspecified atom stereocenters. The maximum atomic E-state index is 12.9. The number of hydrogen-bond donors (Lipinski definition) is 1. The summed E-state index contributed by atoms with van der Waals surface area (Å²) in [6, 6.07) is 12.3. The van der Waals surface area contributed by atoms with Gasteiger partial charge in [-0.05, 0) is 43.7 Å². The minimum absolute atomic E-state index is 0.114. The highest BCUT2D eigenvalue weighted by atomic mass is 35.5. The first-order valence-corrected chi connectivity index (χ1v) is 10.7. The van der Waals surface area contributed by atoms with Crippen LogP contribution in [0.4, 0.5) is 5.69 Å². The lowest BCUT2D eigenvalue weighted by molar-refractivity contribution is -0.113. The van der Waals surface area contributed by atoms with Crippen molar-refractivity contribution in [2.75, 3.05) is 17.7 Å². The molecule has 8 heteroatoms. The predicted octanol–water partition coefficient (Wildman–Crippen LogP) is 4.59. The zero-order valence-electron chi connectivity index (χ0n) is 16.3. The van der Waals surface area contributed by atoms with E-state index in [1.54, 1.807) is 34.9 Å². The van der Waals surface area contributed by atoms with Gasteiger partial charge in [0.2, 0.25) is 5.91 Å². The molecule has 3 rings (SSSR count). The van der Waals surface area contributed by atoms with Crippen LogP contribution in [-0.2, 0) is 11.3 Å². The van der Waals surface area contributed by atoms with Crippen LogP contribution in [0, 0.1) is 0 Å². The molecule has 0 atom stereocenters. The number of hydrogen-bond acceptors (Lipinski definition) is 5. The fourth-order valence-electron chi connectivity index (χ4n) is 2.87. The summed E-state index contributed by atoms with van der Waals surface area (Å²) in [5.41, 5.74) is 1.02. The van der Waals surface area contributed by atoms with Crippen molar-refractivity contribution in [3.63, 3.8) is 0 Å². The van der Waals surface area contributed by atoms with Crippen LogP contribution >= 0.6 is 23.4 Å². The number of nitrogens with zero attached hydrogens (tertiary/aromatic N) is 2. The van der Waals surface area contributed by atoms with Crippen molar-refractivity contribution in [3.8, 4) is 5.75 Å². The Balaban J connectivity index is 1.81. The molecule has 0 radical (unpaired) electrons. The second kappa shape index (κ2) is 9.80. The zero-order chi connectivity index (χ0) is 20.8. The lowest BCUT2D eigenvalue weighted by atomic mass is 10.2. The van der Waals surface area contributed by atoms with Crippen LogP contribution in [0.2, 0.25) is 5.02 Å². The minimum atomic E-state index is -0.203. The Morgan fingerprint density at radius 3 is 2.79 bits per heavy atom. The highest BCUT2D eigenvalue weighted by molar-refractivity contribution is 7.99. The molecule has 3 aromatic rings. The van der Waals surface area contributed by atoms with E-state index >= 15 is 0 Å². The Labute approximate surface area is 178 Å². The monoisotopic (exact) mass is 431 g/mol. The molecule has 2 aromatic carbocycles. The predicted molar refractivity (Wildman–Crippen MR) is 118 cm³/mol. The molecule has 0 aliphatic rings. The van der Waals surface area contributed by atoms with Gasteiger partial charge in [-0.2, -0.15) is 0 Å². The highest BCUT2D eigenvalue weighted by Crippen LogP contribution is 2.25. The quantitative estimate of drug-likeness (QED) is 0.417. The molecule has 1 heterocycles. The first-order chi connectivity index (χ1) is 14.0. The average molecular weight is 432 g/mol. The Morgan fingerprint density at radius 1 is 1.24 bits per heavy atom. The SMILES string of the molecule is CCCn1c(SCC(=O)Nc2ccccc2OCC)nc2cc(Cl)ccc2c1=O. The summed E-state index contributed by atoms with van der Waals surface area (Å²) in [7, 11) is 0. The number of halogens is 1. The van der Waals surface area contributed by atoms with Crippen LogP contribution in [-0.4, -0.2) is 27.8 Å². The van der Waals surface area contributed by atoms with Crippen molar-refractivity contribution in [2.45, 2.75) is 32.0 Å². The molecule has 0 saturated heterocycles. The number of nitrogens with one attached hydrogen (secondary N) is 1. The summed E-state index contributed by atoms with van der Waals surface area (Å²) < 4.78 is 7.15. The van der Waals surface area contributed by atoms with E-state index in [2.05, 4.69) is 10.3 Å². The summed E-state index contributed by atoms with van der Waals surface area (Å²) in [4.78, 5) is 29.9. The maximum Gasteiger partial charge on any atom is 0.262 e. The summed E-state index contributed by atoms with van der Waals surface area (Å²) in [5.74, 6) is 0.531. The fraction of sp³-hybridized carbons (Fsp3) is 0.286. The van der Waals surface area contributed by atoms with Crippen LogP contribution in [0.15, 0.2) is 52.4 Å². The number of fused-ring (bicyclic) bond motifs is 1. The fourth-order valence-corrected chi connectivity index (χ4v) is 3.86. The number of rotatable bonds is 8. The average Bonchev–Trinajstić information content (AvgIpc) is 2.70. The molecule has 152 valence electrons. The summed E-state index contributed by atoms with van der Waals surface area (Å²) in [6.07, 6.45) is 0.780. The summed E-state index contributed by atoms with van der Waals surface area (Å²) in [6.45, 7) is 4.92. The number of carbonyl (C=O) groups is 1. The lowest BCUT2D eigenvalue weighted by Crippen LogP contribution is -2.24. The van der Waals surface area contributed by atoms with Gasteiger partial charge in [0, 0.05) is 11.6 Å². The first kappa shape index (κ1) is 21.2. The molecule has 6 nitrogen and oxygen atoms in total. The van der Waals surface area contributed by atoms with Gasteiger partial charge in [0.15, 0.2) is 5.16 Å². The Kier molecular flexibility index (Phi) is 7.17. The van der Waals surface area contributed by atoms with Gasteiger partial charge in [-0.15, -0.1) is 0 Å². The number of thioether (sulfide) groups is 1. The number of amides is 1.